The molecule has 1 nitrogen and oxygen atoms in total. The molecule has 0 bridgehead atoms. The number of ether oxygens (including phenoxy) is 1. The average Bonchev–Trinajstić information content (AvgIpc) is 2.98. The zero-order valence-electron chi connectivity index (χ0n) is 14.5. The second-order valence-electron chi connectivity index (χ2n) is 6.23. The van der Waals surface area contributed by atoms with Crippen LogP contribution in [0.25, 0.3) is 10.1 Å². The van der Waals surface area contributed by atoms with E-state index in [1.54, 1.807) is 0 Å². The van der Waals surface area contributed by atoms with Crippen LogP contribution < -0.4 is 4.74 Å². The topological polar surface area (TPSA) is 9.23 Å². The summed E-state index contributed by atoms with van der Waals surface area (Å²) in [4.78, 5) is 1.41. The molecular formula is C21H23BrOS. The maximum atomic E-state index is 6.00. The van der Waals surface area contributed by atoms with Gasteiger partial charge < -0.3 is 4.74 Å². The highest BCUT2D eigenvalue weighted by Crippen LogP contribution is 2.36. The number of thiophene rings is 1. The van der Waals surface area contributed by atoms with Crippen molar-refractivity contribution in [3.63, 3.8) is 0 Å². The molecule has 3 aromatic rings. The smallest absolute Gasteiger partial charge is 0.136 e. The van der Waals surface area contributed by atoms with Crippen LogP contribution in [-0.4, -0.2) is 6.61 Å². The molecule has 2 aromatic carbocycles. The first kappa shape index (κ1) is 17.5. The summed E-state index contributed by atoms with van der Waals surface area (Å²) in [5, 5.41) is 1.34. The van der Waals surface area contributed by atoms with Gasteiger partial charge in [-0.1, -0.05) is 31.5 Å². The van der Waals surface area contributed by atoms with Crippen molar-refractivity contribution in [3.8, 4) is 5.75 Å². The van der Waals surface area contributed by atoms with Gasteiger partial charge in [0, 0.05) is 16.0 Å². The van der Waals surface area contributed by atoms with Crippen molar-refractivity contribution < 1.29 is 4.74 Å². The van der Waals surface area contributed by atoms with Crippen LogP contribution in [0.4, 0.5) is 0 Å². The van der Waals surface area contributed by atoms with Gasteiger partial charge in [0.2, 0.25) is 0 Å². The number of halogens is 1. The van der Waals surface area contributed by atoms with Gasteiger partial charge in [0.25, 0.3) is 0 Å². The first-order chi connectivity index (χ1) is 11.6. The molecule has 1 heterocycles. The zero-order valence-corrected chi connectivity index (χ0v) is 16.9. The van der Waals surface area contributed by atoms with Gasteiger partial charge >= 0.3 is 0 Å². The highest BCUT2D eigenvalue weighted by molar-refractivity contribution is 9.10. The van der Waals surface area contributed by atoms with E-state index in [1.807, 2.05) is 11.3 Å². The molecule has 0 saturated heterocycles. The van der Waals surface area contributed by atoms with E-state index in [0.717, 1.165) is 36.1 Å². The number of hydrogen-bond acceptors (Lipinski definition) is 2. The summed E-state index contributed by atoms with van der Waals surface area (Å²) >= 11 is 5.60. The van der Waals surface area contributed by atoms with Gasteiger partial charge in [0.15, 0.2) is 0 Å². The quantitative estimate of drug-likeness (QED) is 0.401. The second-order valence-corrected chi connectivity index (χ2v) is 8.25. The average molecular weight is 403 g/mol. The van der Waals surface area contributed by atoms with Crippen molar-refractivity contribution >= 4 is 37.4 Å². The zero-order chi connectivity index (χ0) is 17.1. The third-order valence-corrected chi connectivity index (χ3v) is 6.19. The summed E-state index contributed by atoms with van der Waals surface area (Å²) in [6.45, 7) is 7.34. The Morgan fingerprint density at radius 3 is 2.62 bits per heavy atom. The predicted octanol–water partition coefficient (Wildman–Crippen LogP) is 7.05. The molecule has 0 radical (unpaired) electrons. The SMILES string of the molecule is CCCCOc1c(Br)cc(Cc2cc3ccccc3s2)c(C)c1C. The molecule has 0 aliphatic heterocycles. The Hall–Kier alpha value is -1.32. The van der Waals surface area contributed by atoms with Gasteiger partial charge in [-0.25, -0.2) is 0 Å². The minimum absolute atomic E-state index is 0.783. The standard InChI is InChI=1S/C21H23BrOS/c1-4-5-10-23-21-15(3)14(2)17(13-19(21)22)12-18-11-16-8-6-7-9-20(16)24-18/h6-9,11,13H,4-5,10,12H2,1-3H3. The lowest BCUT2D eigenvalue weighted by atomic mass is 9.99. The molecule has 0 N–H and O–H groups in total. The van der Waals surface area contributed by atoms with Crippen molar-refractivity contribution in [1.29, 1.82) is 0 Å². The Morgan fingerprint density at radius 1 is 1.08 bits per heavy atom. The fraction of sp³-hybridized carbons (Fsp3) is 0.333. The fourth-order valence-electron chi connectivity index (χ4n) is 2.91. The van der Waals surface area contributed by atoms with E-state index in [4.69, 9.17) is 4.74 Å². The molecule has 1 aromatic heterocycles. The predicted molar refractivity (Wildman–Crippen MR) is 109 cm³/mol. The summed E-state index contributed by atoms with van der Waals surface area (Å²) in [6.07, 6.45) is 3.22. The normalized spacial score (nSPS) is 11.2. The monoisotopic (exact) mass is 402 g/mol. The molecule has 0 unspecified atom stereocenters. The van der Waals surface area contributed by atoms with Gasteiger partial charge in [-0.3, -0.25) is 0 Å². The molecule has 126 valence electrons. The molecular weight excluding hydrogens is 380 g/mol. The van der Waals surface area contributed by atoms with Gasteiger partial charge in [0.05, 0.1) is 11.1 Å². The number of fused-ring (bicyclic) bond motifs is 1. The van der Waals surface area contributed by atoms with Crippen LogP contribution in [0.2, 0.25) is 0 Å². The summed E-state index contributed by atoms with van der Waals surface area (Å²) < 4.78 is 8.43. The fourth-order valence-corrected chi connectivity index (χ4v) is 4.68. The van der Waals surface area contributed by atoms with Crippen LogP contribution in [0.15, 0.2) is 40.9 Å². The first-order valence-corrected chi connectivity index (χ1v) is 10.1. The van der Waals surface area contributed by atoms with Gasteiger partial charge in [-0.05, 0) is 76.5 Å². The van der Waals surface area contributed by atoms with E-state index in [9.17, 15) is 0 Å². The molecule has 3 heteroatoms. The molecule has 0 fully saturated rings. The number of benzene rings is 2. The van der Waals surface area contributed by atoms with Crippen LogP contribution >= 0.6 is 27.3 Å². The molecule has 3 rings (SSSR count). The summed E-state index contributed by atoms with van der Waals surface area (Å²) in [6, 6.07) is 13.1. The minimum Gasteiger partial charge on any atom is -0.492 e. The number of unbranched alkanes of at least 4 members (excludes halogenated alkanes) is 1. The lowest BCUT2D eigenvalue weighted by Crippen LogP contribution is -2.02. The van der Waals surface area contributed by atoms with Crippen molar-refractivity contribution in [2.75, 3.05) is 6.61 Å². The Morgan fingerprint density at radius 2 is 1.88 bits per heavy atom. The van der Waals surface area contributed by atoms with Crippen LogP contribution in [0, 0.1) is 13.8 Å². The number of hydrogen-bond donors (Lipinski definition) is 0. The molecule has 0 aliphatic rings. The lowest BCUT2D eigenvalue weighted by molar-refractivity contribution is 0.305. The highest BCUT2D eigenvalue weighted by atomic mass is 79.9. The van der Waals surface area contributed by atoms with Gasteiger partial charge in [-0.15, -0.1) is 11.3 Å². The highest BCUT2D eigenvalue weighted by Gasteiger charge is 2.13. The molecule has 0 spiro atoms. The molecule has 0 saturated carbocycles. The maximum Gasteiger partial charge on any atom is 0.136 e. The van der Waals surface area contributed by atoms with Crippen LogP contribution in [-0.2, 0) is 6.42 Å². The Bertz CT molecular complexity index is 817. The largest absolute Gasteiger partial charge is 0.492 e. The lowest BCUT2D eigenvalue weighted by Gasteiger charge is -2.16. The van der Waals surface area contributed by atoms with Gasteiger partial charge in [-0.2, -0.15) is 0 Å². The van der Waals surface area contributed by atoms with E-state index >= 15 is 0 Å². The maximum absolute atomic E-state index is 6.00. The molecule has 24 heavy (non-hydrogen) atoms. The van der Waals surface area contributed by atoms with Crippen molar-refractivity contribution in [2.45, 2.75) is 40.0 Å². The van der Waals surface area contributed by atoms with E-state index in [2.05, 4.69) is 73.1 Å². The Balaban J connectivity index is 1.88. The van der Waals surface area contributed by atoms with E-state index in [0.29, 0.717) is 0 Å². The third kappa shape index (κ3) is 3.68. The van der Waals surface area contributed by atoms with Crippen LogP contribution in [0.5, 0.6) is 5.75 Å². The molecule has 0 aliphatic carbocycles. The number of rotatable bonds is 6. The van der Waals surface area contributed by atoms with E-state index in [-0.39, 0.29) is 0 Å². The second kappa shape index (κ2) is 7.71. The molecule has 0 amide bonds. The molecule has 0 atom stereocenters. The Kier molecular flexibility index (Phi) is 5.62. The summed E-state index contributed by atoms with van der Waals surface area (Å²) in [5.41, 5.74) is 3.95. The van der Waals surface area contributed by atoms with Gasteiger partial charge in [0.1, 0.15) is 5.75 Å². The van der Waals surface area contributed by atoms with Crippen molar-refractivity contribution in [3.05, 3.63) is 62.4 Å². The summed E-state index contributed by atoms with van der Waals surface area (Å²) in [7, 11) is 0. The van der Waals surface area contributed by atoms with Crippen molar-refractivity contribution in [1.82, 2.24) is 0 Å². The first-order valence-electron chi connectivity index (χ1n) is 8.49. The van der Waals surface area contributed by atoms with E-state index in [1.165, 1.54) is 31.7 Å². The minimum atomic E-state index is 0.783. The Labute approximate surface area is 156 Å². The summed E-state index contributed by atoms with van der Waals surface area (Å²) in [5.74, 6) is 1.00. The van der Waals surface area contributed by atoms with Crippen LogP contribution in [0.1, 0.15) is 41.3 Å². The van der Waals surface area contributed by atoms with E-state index < -0.39 is 0 Å². The van der Waals surface area contributed by atoms with Crippen molar-refractivity contribution in [2.24, 2.45) is 0 Å². The van der Waals surface area contributed by atoms with Crippen LogP contribution in [0.3, 0.4) is 0 Å². The third-order valence-electron chi connectivity index (χ3n) is 4.49.